The van der Waals surface area contributed by atoms with Crippen LogP contribution < -0.4 is 10.6 Å². The summed E-state index contributed by atoms with van der Waals surface area (Å²) in [6.07, 6.45) is 10.4. The van der Waals surface area contributed by atoms with Crippen LogP contribution in [0, 0.1) is 0 Å². The zero-order valence-corrected chi connectivity index (χ0v) is 12.4. The van der Waals surface area contributed by atoms with E-state index in [9.17, 15) is 4.79 Å². The number of hydrogen-bond acceptors (Lipinski definition) is 3. The predicted octanol–water partition coefficient (Wildman–Crippen LogP) is 2.23. The lowest BCUT2D eigenvalue weighted by atomic mass is 10.1. The fourth-order valence-corrected chi connectivity index (χ4v) is 2.33. The molecule has 4 nitrogen and oxygen atoms in total. The number of unbranched alkanes of at least 4 members (excludes halogenated alkanes) is 7. The van der Waals surface area contributed by atoms with Crippen LogP contribution in [0.15, 0.2) is 0 Å². The van der Waals surface area contributed by atoms with Gasteiger partial charge in [0, 0.05) is 13.1 Å². The zero-order valence-electron chi connectivity index (χ0n) is 12.4. The van der Waals surface area contributed by atoms with Gasteiger partial charge in [-0.3, -0.25) is 4.79 Å². The van der Waals surface area contributed by atoms with E-state index in [0.29, 0.717) is 13.2 Å². The molecular formula is C15H30N2O2. The van der Waals surface area contributed by atoms with Crippen molar-refractivity contribution in [2.45, 2.75) is 64.3 Å². The molecule has 2 N–H and O–H groups in total. The molecule has 1 aliphatic rings. The van der Waals surface area contributed by atoms with Crippen LogP contribution in [0.3, 0.4) is 0 Å². The molecule has 1 unspecified atom stereocenters. The summed E-state index contributed by atoms with van der Waals surface area (Å²) in [5.74, 6) is 0.0858. The molecule has 1 saturated heterocycles. The van der Waals surface area contributed by atoms with Crippen molar-refractivity contribution in [1.82, 2.24) is 10.6 Å². The normalized spacial score (nSPS) is 19.3. The van der Waals surface area contributed by atoms with E-state index in [-0.39, 0.29) is 11.9 Å². The molecule has 0 bridgehead atoms. The number of nitrogens with one attached hydrogen (secondary N) is 2. The van der Waals surface area contributed by atoms with Gasteiger partial charge in [0.25, 0.3) is 0 Å². The topological polar surface area (TPSA) is 50.4 Å². The van der Waals surface area contributed by atoms with Crippen LogP contribution in [0.25, 0.3) is 0 Å². The largest absolute Gasteiger partial charge is 0.378 e. The molecule has 1 heterocycles. The standard InChI is InChI=1S/C15H30N2O2/c1-2-3-4-5-6-7-8-9-10-17-15(18)14-13-19-12-11-16-14/h14,16H,2-13H2,1H3,(H,17,18). The predicted molar refractivity (Wildman–Crippen MR) is 78.2 cm³/mol. The van der Waals surface area contributed by atoms with Crippen molar-refractivity contribution in [3.8, 4) is 0 Å². The van der Waals surface area contributed by atoms with E-state index in [1.54, 1.807) is 0 Å². The van der Waals surface area contributed by atoms with Crippen molar-refractivity contribution >= 4 is 5.91 Å². The van der Waals surface area contributed by atoms with Gasteiger partial charge in [0.15, 0.2) is 0 Å². The van der Waals surface area contributed by atoms with Gasteiger partial charge >= 0.3 is 0 Å². The molecule has 0 aromatic carbocycles. The summed E-state index contributed by atoms with van der Waals surface area (Å²) in [5.41, 5.74) is 0. The van der Waals surface area contributed by atoms with E-state index in [4.69, 9.17) is 4.74 Å². The highest BCUT2D eigenvalue weighted by Crippen LogP contribution is 2.07. The highest BCUT2D eigenvalue weighted by molar-refractivity contribution is 5.81. The van der Waals surface area contributed by atoms with E-state index in [1.165, 1.54) is 44.9 Å². The van der Waals surface area contributed by atoms with Crippen LogP contribution in [0.4, 0.5) is 0 Å². The minimum Gasteiger partial charge on any atom is -0.378 e. The Morgan fingerprint density at radius 1 is 1.16 bits per heavy atom. The molecule has 1 rings (SSSR count). The number of morpholine rings is 1. The Kier molecular flexibility index (Phi) is 9.72. The Labute approximate surface area is 117 Å². The third kappa shape index (κ3) is 8.22. The number of carbonyl (C=O) groups is 1. The molecule has 1 amide bonds. The molecule has 4 heteroatoms. The van der Waals surface area contributed by atoms with Crippen LogP contribution in [0.2, 0.25) is 0 Å². The van der Waals surface area contributed by atoms with Crippen LogP contribution in [-0.2, 0) is 9.53 Å². The van der Waals surface area contributed by atoms with E-state index < -0.39 is 0 Å². The number of carbonyl (C=O) groups excluding carboxylic acids is 1. The Balaban J connectivity index is 1.86. The molecule has 0 aliphatic carbocycles. The summed E-state index contributed by atoms with van der Waals surface area (Å²) in [6, 6.07) is -0.150. The Morgan fingerprint density at radius 3 is 2.47 bits per heavy atom. The van der Waals surface area contributed by atoms with Crippen LogP contribution in [0.1, 0.15) is 58.3 Å². The average molecular weight is 270 g/mol. The van der Waals surface area contributed by atoms with Crippen LogP contribution in [-0.4, -0.2) is 38.3 Å². The third-order valence-electron chi connectivity index (χ3n) is 3.57. The van der Waals surface area contributed by atoms with E-state index in [1.807, 2.05) is 0 Å². The first-order valence-electron chi connectivity index (χ1n) is 7.93. The number of hydrogen-bond donors (Lipinski definition) is 2. The summed E-state index contributed by atoms with van der Waals surface area (Å²) in [4.78, 5) is 11.8. The highest BCUT2D eigenvalue weighted by Gasteiger charge is 2.20. The van der Waals surface area contributed by atoms with Crippen LogP contribution in [0.5, 0.6) is 0 Å². The second kappa shape index (κ2) is 11.2. The molecule has 1 atom stereocenters. The monoisotopic (exact) mass is 270 g/mol. The summed E-state index contributed by atoms with van der Waals surface area (Å²) in [6.45, 7) is 5.03. The minimum absolute atomic E-state index is 0.0858. The molecule has 1 aliphatic heterocycles. The quantitative estimate of drug-likeness (QED) is 0.599. The fourth-order valence-electron chi connectivity index (χ4n) is 2.33. The summed E-state index contributed by atoms with van der Waals surface area (Å²) in [5, 5.41) is 6.14. The summed E-state index contributed by atoms with van der Waals surface area (Å²) >= 11 is 0. The lowest BCUT2D eigenvalue weighted by Gasteiger charge is -2.22. The van der Waals surface area contributed by atoms with Crippen molar-refractivity contribution in [3.05, 3.63) is 0 Å². The first kappa shape index (κ1) is 16.4. The molecule has 112 valence electrons. The van der Waals surface area contributed by atoms with Crippen LogP contribution >= 0.6 is 0 Å². The van der Waals surface area contributed by atoms with Crippen molar-refractivity contribution in [1.29, 1.82) is 0 Å². The fraction of sp³-hybridized carbons (Fsp3) is 0.933. The third-order valence-corrected chi connectivity index (χ3v) is 3.57. The highest BCUT2D eigenvalue weighted by atomic mass is 16.5. The molecule has 19 heavy (non-hydrogen) atoms. The second-order valence-corrected chi connectivity index (χ2v) is 5.35. The van der Waals surface area contributed by atoms with Crippen molar-refractivity contribution in [3.63, 3.8) is 0 Å². The maximum atomic E-state index is 11.8. The lowest BCUT2D eigenvalue weighted by molar-refractivity contribution is -0.125. The molecule has 0 aromatic heterocycles. The van der Waals surface area contributed by atoms with E-state index in [0.717, 1.165) is 19.5 Å². The van der Waals surface area contributed by atoms with Gasteiger partial charge in [0.2, 0.25) is 5.91 Å². The molecule has 0 spiro atoms. The zero-order chi connectivity index (χ0) is 13.8. The minimum atomic E-state index is -0.150. The summed E-state index contributed by atoms with van der Waals surface area (Å²) < 4.78 is 5.27. The van der Waals surface area contributed by atoms with Gasteiger partial charge in [-0.05, 0) is 6.42 Å². The molecule has 0 saturated carbocycles. The Bertz CT molecular complexity index is 228. The van der Waals surface area contributed by atoms with Gasteiger partial charge < -0.3 is 15.4 Å². The molecular weight excluding hydrogens is 240 g/mol. The molecule has 0 radical (unpaired) electrons. The van der Waals surface area contributed by atoms with Gasteiger partial charge in [-0.1, -0.05) is 51.9 Å². The SMILES string of the molecule is CCCCCCCCCCNC(=O)C1COCCN1. The number of amides is 1. The number of ether oxygens (including phenoxy) is 1. The Morgan fingerprint density at radius 2 is 1.84 bits per heavy atom. The van der Waals surface area contributed by atoms with Gasteiger partial charge in [-0.15, -0.1) is 0 Å². The summed E-state index contributed by atoms with van der Waals surface area (Å²) in [7, 11) is 0. The van der Waals surface area contributed by atoms with E-state index >= 15 is 0 Å². The van der Waals surface area contributed by atoms with Gasteiger partial charge in [0.1, 0.15) is 6.04 Å². The maximum absolute atomic E-state index is 11.8. The molecule has 0 aromatic rings. The number of rotatable bonds is 10. The van der Waals surface area contributed by atoms with Crippen molar-refractivity contribution < 1.29 is 9.53 Å². The smallest absolute Gasteiger partial charge is 0.239 e. The Hall–Kier alpha value is -0.610. The van der Waals surface area contributed by atoms with Gasteiger partial charge in [-0.2, -0.15) is 0 Å². The lowest BCUT2D eigenvalue weighted by Crippen LogP contribution is -2.51. The average Bonchev–Trinajstić information content (AvgIpc) is 2.46. The molecule has 1 fully saturated rings. The maximum Gasteiger partial charge on any atom is 0.239 e. The second-order valence-electron chi connectivity index (χ2n) is 5.35. The van der Waals surface area contributed by atoms with Gasteiger partial charge in [0.05, 0.1) is 13.2 Å². The first-order valence-corrected chi connectivity index (χ1v) is 7.93. The van der Waals surface area contributed by atoms with Crippen molar-refractivity contribution in [2.24, 2.45) is 0 Å². The first-order chi connectivity index (χ1) is 9.34. The van der Waals surface area contributed by atoms with Crippen molar-refractivity contribution in [2.75, 3.05) is 26.3 Å². The van der Waals surface area contributed by atoms with E-state index in [2.05, 4.69) is 17.6 Å². The van der Waals surface area contributed by atoms with Gasteiger partial charge in [-0.25, -0.2) is 0 Å².